The van der Waals surface area contributed by atoms with E-state index < -0.39 is 12.2 Å². The van der Waals surface area contributed by atoms with Crippen molar-refractivity contribution in [3.8, 4) is 16.9 Å². The zero-order valence-corrected chi connectivity index (χ0v) is 11.4. The van der Waals surface area contributed by atoms with Gasteiger partial charge in [-0.3, -0.25) is 0 Å². The maximum Gasteiger partial charge on any atom is 0.573 e. The molecule has 0 aromatic heterocycles. The highest BCUT2D eigenvalue weighted by Crippen LogP contribution is 2.35. The molecule has 112 valence electrons. The fraction of sp³-hybridized carbons (Fsp3) is 0.200. The summed E-state index contributed by atoms with van der Waals surface area (Å²) in [6.45, 7) is 0. The van der Waals surface area contributed by atoms with E-state index in [1.807, 2.05) is 0 Å². The second-order valence-electron chi connectivity index (χ2n) is 4.60. The number of hydrogen-bond acceptors (Lipinski definition) is 2. The maximum absolute atomic E-state index is 14.0. The highest BCUT2D eigenvalue weighted by atomic mass is 19.4. The van der Waals surface area contributed by atoms with Crippen LogP contribution in [0.5, 0.6) is 5.75 Å². The molecule has 2 rings (SSSR count). The first-order chi connectivity index (χ1) is 9.78. The molecule has 2 aromatic rings. The number of anilines is 1. The number of benzene rings is 2. The Kier molecular flexibility index (Phi) is 4.06. The summed E-state index contributed by atoms with van der Waals surface area (Å²) >= 11 is 0. The molecule has 0 aliphatic heterocycles. The minimum absolute atomic E-state index is 0.180. The summed E-state index contributed by atoms with van der Waals surface area (Å²) in [6, 6.07) is 9.89. The van der Waals surface area contributed by atoms with Gasteiger partial charge in [0, 0.05) is 19.7 Å². The van der Waals surface area contributed by atoms with Crippen molar-refractivity contribution in [2.75, 3.05) is 19.0 Å². The van der Waals surface area contributed by atoms with Crippen molar-refractivity contribution in [1.82, 2.24) is 0 Å². The van der Waals surface area contributed by atoms with Gasteiger partial charge in [-0.2, -0.15) is 0 Å². The Morgan fingerprint density at radius 2 is 1.67 bits per heavy atom. The Morgan fingerprint density at radius 1 is 1.00 bits per heavy atom. The molecular formula is C15H13F4NO. The van der Waals surface area contributed by atoms with Crippen LogP contribution >= 0.6 is 0 Å². The predicted octanol–water partition coefficient (Wildman–Crippen LogP) is 4.46. The van der Waals surface area contributed by atoms with Crippen LogP contribution in [0.1, 0.15) is 0 Å². The number of para-hydroxylation sites is 1. The summed E-state index contributed by atoms with van der Waals surface area (Å²) in [5.74, 6) is -0.874. The summed E-state index contributed by atoms with van der Waals surface area (Å²) in [7, 11) is 3.36. The Hall–Kier alpha value is -2.24. The average molecular weight is 299 g/mol. The lowest BCUT2D eigenvalue weighted by Gasteiger charge is -2.16. The molecule has 0 unspecified atom stereocenters. The van der Waals surface area contributed by atoms with Gasteiger partial charge in [0.2, 0.25) is 0 Å². The van der Waals surface area contributed by atoms with Crippen molar-refractivity contribution in [3.05, 3.63) is 48.3 Å². The first-order valence-corrected chi connectivity index (χ1v) is 6.10. The van der Waals surface area contributed by atoms with E-state index in [-0.39, 0.29) is 11.3 Å². The van der Waals surface area contributed by atoms with E-state index in [1.54, 1.807) is 31.1 Å². The van der Waals surface area contributed by atoms with Crippen molar-refractivity contribution in [3.63, 3.8) is 0 Å². The van der Waals surface area contributed by atoms with Gasteiger partial charge < -0.3 is 9.64 Å². The highest BCUT2D eigenvalue weighted by Gasteiger charge is 2.32. The van der Waals surface area contributed by atoms with E-state index in [0.29, 0.717) is 11.3 Å². The molecule has 6 heteroatoms. The standard InChI is InChI=1S/C15H13F4NO/c1-20(2)13-8-7-10(9-12(13)16)11-5-3-4-6-14(11)21-15(17,18)19/h3-9H,1-2H3. The normalized spacial score (nSPS) is 11.3. The lowest BCUT2D eigenvalue weighted by Crippen LogP contribution is -2.17. The third kappa shape index (κ3) is 3.65. The molecule has 0 heterocycles. The zero-order chi connectivity index (χ0) is 15.6. The third-order valence-corrected chi connectivity index (χ3v) is 2.85. The second-order valence-corrected chi connectivity index (χ2v) is 4.60. The van der Waals surface area contributed by atoms with Crippen LogP contribution in [0.3, 0.4) is 0 Å². The van der Waals surface area contributed by atoms with Crippen molar-refractivity contribution >= 4 is 5.69 Å². The number of ether oxygens (including phenoxy) is 1. The molecular weight excluding hydrogens is 286 g/mol. The van der Waals surface area contributed by atoms with Crippen LogP contribution in [-0.4, -0.2) is 20.5 Å². The highest BCUT2D eigenvalue weighted by molar-refractivity contribution is 5.72. The summed E-state index contributed by atoms with van der Waals surface area (Å²) in [5.41, 5.74) is 0.852. The molecule has 0 fully saturated rings. The summed E-state index contributed by atoms with van der Waals surface area (Å²) in [4.78, 5) is 1.58. The van der Waals surface area contributed by atoms with Crippen molar-refractivity contribution in [2.24, 2.45) is 0 Å². The Morgan fingerprint density at radius 3 is 2.24 bits per heavy atom. The summed E-state index contributed by atoms with van der Waals surface area (Å²) < 4.78 is 55.1. The molecule has 0 aliphatic rings. The van der Waals surface area contributed by atoms with Gasteiger partial charge in [0.1, 0.15) is 11.6 Å². The summed E-state index contributed by atoms with van der Waals surface area (Å²) in [6.07, 6.45) is -4.79. The molecule has 0 radical (unpaired) electrons. The van der Waals surface area contributed by atoms with E-state index in [1.165, 1.54) is 30.3 Å². The predicted molar refractivity (Wildman–Crippen MR) is 72.8 cm³/mol. The molecule has 0 spiro atoms. The van der Waals surface area contributed by atoms with Gasteiger partial charge in [0.15, 0.2) is 0 Å². The largest absolute Gasteiger partial charge is 0.573 e. The van der Waals surface area contributed by atoms with E-state index in [9.17, 15) is 17.6 Å². The Balaban J connectivity index is 2.45. The quantitative estimate of drug-likeness (QED) is 0.776. The Labute approximate surface area is 119 Å². The number of nitrogens with zero attached hydrogens (tertiary/aromatic N) is 1. The molecule has 0 bridgehead atoms. The summed E-state index contributed by atoms with van der Waals surface area (Å²) in [5, 5.41) is 0. The molecule has 0 amide bonds. The van der Waals surface area contributed by atoms with Crippen LogP contribution in [0.2, 0.25) is 0 Å². The van der Waals surface area contributed by atoms with Gasteiger partial charge in [-0.05, 0) is 23.8 Å². The second kappa shape index (κ2) is 5.63. The molecule has 0 saturated carbocycles. The van der Waals surface area contributed by atoms with Crippen LogP contribution in [0.25, 0.3) is 11.1 Å². The lowest BCUT2D eigenvalue weighted by atomic mass is 10.0. The SMILES string of the molecule is CN(C)c1ccc(-c2ccccc2OC(F)(F)F)cc1F. The van der Waals surface area contributed by atoms with E-state index in [4.69, 9.17) is 0 Å². The monoisotopic (exact) mass is 299 g/mol. The minimum Gasteiger partial charge on any atom is -0.405 e. The number of rotatable bonds is 3. The molecule has 21 heavy (non-hydrogen) atoms. The van der Waals surface area contributed by atoms with Crippen LogP contribution < -0.4 is 9.64 Å². The first kappa shape index (κ1) is 15.2. The van der Waals surface area contributed by atoms with Crippen LogP contribution in [0.15, 0.2) is 42.5 Å². The van der Waals surface area contributed by atoms with Gasteiger partial charge in [0.25, 0.3) is 0 Å². The van der Waals surface area contributed by atoms with Crippen LogP contribution in [-0.2, 0) is 0 Å². The van der Waals surface area contributed by atoms with E-state index >= 15 is 0 Å². The van der Waals surface area contributed by atoms with Crippen molar-refractivity contribution in [1.29, 1.82) is 0 Å². The van der Waals surface area contributed by atoms with Gasteiger partial charge in [0.05, 0.1) is 5.69 Å². The molecule has 2 aromatic carbocycles. The fourth-order valence-corrected chi connectivity index (χ4v) is 1.96. The topological polar surface area (TPSA) is 12.5 Å². The van der Waals surface area contributed by atoms with Crippen molar-refractivity contribution in [2.45, 2.75) is 6.36 Å². The van der Waals surface area contributed by atoms with Gasteiger partial charge in [-0.15, -0.1) is 13.2 Å². The van der Waals surface area contributed by atoms with Gasteiger partial charge >= 0.3 is 6.36 Å². The van der Waals surface area contributed by atoms with E-state index in [0.717, 1.165) is 0 Å². The Bertz CT molecular complexity index is 638. The number of halogens is 4. The van der Waals surface area contributed by atoms with Gasteiger partial charge in [-0.25, -0.2) is 4.39 Å². The molecule has 0 aliphatic carbocycles. The minimum atomic E-state index is -4.79. The lowest BCUT2D eigenvalue weighted by molar-refractivity contribution is -0.274. The van der Waals surface area contributed by atoms with Gasteiger partial charge in [-0.1, -0.05) is 24.3 Å². The van der Waals surface area contributed by atoms with Crippen molar-refractivity contribution < 1.29 is 22.3 Å². The maximum atomic E-state index is 14.0. The van der Waals surface area contributed by atoms with Crippen LogP contribution in [0.4, 0.5) is 23.2 Å². The first-order valence-electron chi connectivity index (χ1n) is 6.10. The van der Waals surface area contributed by atoms with E-state index in [2.05, 4.69) is 4.74 Å². The zero-order valence-electron chi connectivity index (χ0n) is 11.4. The number of hydrogen-bond donors (Lipinski definition) is 0. The fourth-order valence-electron chi connectivity index (χ4n) is 1.96. The number of alkyl halides is 3. The van der Waals surface area contributed by atoms with Crippen LogP contribution in [0, 0.1) is 5.82 Å². The molecule has 0 atom stereocenters. The molecule has 0 saturated heterocycles. The average Bonchev–Trinajstić information content (AvgIpc) is 2.36. The molecule has 2 nitrogen and oxygen atoms in total. The third-order valence-electron chi connectivity index (χ3n) is 2.85. The molecule has 0 N–H and O–H groups in total. The smallest absolute Gasteiger partial charge is 0.405 e.